The summed E-state index contributed by atoms with van der Waals surface area (Å²) in [5.74, 6) is 2.85. The van der Waals surface area contributed by atoms with Gasteiger partial charge in [0.1, 0.15) is 0 Å². The third-order valence-corrected chi connectivity index (χ3v) is 5.39. The molecular formula is C16H31N. The molecule has 0 bridgehead atoms. The molecule has 1 aliphatic heterocycles. The molecule has 1 saturated heterocycles. The third kappa shape index (κ3) is 3.24. The Bertz CT molecular complexity index is 230. The molecule has 1 heteroatoms. The van der Waals surface area contributed by atoms with Gasteiger partial charge in [0.15, 0.2) is 0 Å². The van der Waals surface area contributed by atoms with Crippen LogP contribution in [0.2, 0.25) is 0 Å². The molecular weight excluding hydrogens is 206 g/mol. The summed E-state index contributed by atoms with van der Waals surface area (Å²) < 4.78 is 0. The first kappa shape index (κ1) is 13.4. The van der Waals surface area contributed by atoms with Gasteiger partial charge in [-0.2, -0.15) is 0 Å². The van der Waals surface area contributed by atoms with Crippen molar-refractivity contribution in [1.82, 2.24) is 5.32 Å². The van der Waals surface area contributed by atoms with E-state index in [2.05, 4.69) is 26.1 Å². The van der Waals surface area contributed by atoms with Crippen LogP contribution in [0.3, 0.4) is 0 Å². The monoisotopic (exact) mass is 237 g/mol. The molecule has 1 saturated carbocycles. The summed E-state index contributed by atoms with van der Waals surface area (Å²) in [6, 6.07) is 0. The molecule has 0 aromatic heterocycles. The number of piperidine rings is 1. The lowest BCUT2D eigenvalue weighted by molar-refractivity contribution is 0.0638. The van der Waals surface area contributed by atoms with E-state index in [4.69, 9.17) is 0 Å². The van der Waals surface area contributed by atoms with E-state index < -0.39 is 0 Å². The van der Waals surface area contributed by atoms with Crippen LogP contribution in [0.5, 0.6) is 0 Å². The summed E-state index contributed by atoms with van der Waals surface area (Å²) in [5, 5.41) is 3.65. The van der Waals surface area contributed by atoms with Gasteiger partial charge in [-0.1, -0.05) is 52.9 Å². The molecule has 100 valence electrons. The van der Waals surface area contributed by atoms with Crippen LogP contribution < -0.4 is 5.32 Å². The SMILES string of the molecule is CC(C)CCC1(C)CCNCC1C1CCCC1. The molecule has 0 aromatic carbocycles. The standard InChI is InChI=1S/C16H31N/c1-13(2)8-9-16(3)10-11-17-12-15(16)14-6-4-5-7-14/h13-15,17H,4-12H2,1-3H3. The predicted molar refractivity (Wildman–Crippen MR) is 75.1 cm³/mol. The maximum absolute atomic E-state index is 3.65. The van der Waals surface area contributed by atoms with Crippen molar-refractivity contribution in [2.45, 2.75) is 65.7 Å². The van der Waals surface area contributed by atoms with E-state index >= 15 is 0 Å². The first-order valence-electron chi connectivity index (χ1n) is 7.82. The minimum Gasteiger partial charge on any atom is -0.316 e. The minimum atomic E-state index is 0.629. The second kappa shape index (κ2) is 5.73. The Balaban J connectivity index is 1.99. The van der Waals surface area contributed by atoms with Crippen LogP contribution in [0.4, 0.5) is 0 Å². The quantitative estimate of drug-likeness (QED) is 0.771. The van der Waals surface area contributed by atoms with Gasteiger partial charge in [0.25, 0.3) is 0 Å². The van der Waals surface area contributed by atoms with Gasteiger partial charge in [-0.25, -0.2) is 0 Å². The molecule has 1 heterocycles. The van der Waals surface area contributed by atoms with Crippen molar-refractivity contribution in [2.75, 3.05) is 13.1 Å². The Morgan fingerprint density at radius 1 is 1.24 bits per heavy atom. The fourth-order valence-electron chi connectivity index (χ4n) is 4.09. The zero-order valence-corrected chi connectivity index (χ0v) is 12.1. The fourth-order valence-corrected chi connectivity index (χ4v) is 4.09. The largest absolute Gasteiger partial charge is 0.316 e. The third-order valence-electron chi connectivity index (χ3n) is 5.39. The van der Waals surface area contributed by atoms with E-state index in [1.165, 1.54) is 58.0 Å². The van der Waals surface area contributed by atoms with Crippen LogP contribution >= 0.6 is 0 Å². The number of hydrogen-bond acceptors (Lipinski definition) is 1. The molecule has 2 rings (SSSR count). The lowest BCUT2D eigenvalue weighted by Gasteiger charge is -2.45. The van der Waals surface area contributed by atoms with E-state index in [1.54, 1.807) is 0 Å². The van der Waals surface area contributed by atoms with E-state index in [0.29, 0.717) is 5.41 Å². The number of nitrogens with one attached hydrogen (secondary N) is 1. The molecule has 0 radical (unpaired) electrons. The average molecular weight is 237 g/mol. The van der Waals surface area contributed by atoms with Crippen molar-refractivity contribution in [2.24, 2.45) is 23.2 Å². The van der Waals surface area contributed by atoms with E-state index in [1.807, 2.05) is 0 Å². The molecule has 1 aliphatic carbocycles. The summed E-state index contributed by atoms with van der Waals surface area (Å²) in [7, 11) is 0. The maximum Gasteiger partial charge on any atom is -0.00126 e. The molecule has 2 aliphatic rings. The van der Waals surface area contributed by atoms with Crippen LogP contribution in [0.25, 0.3) is 0 Å². The summed E-state index contributed by atoms with van der Waals surface area (Å²) in [6.07, 6.45) is 10.3. The topological polar surface area (TPSA) is 12.0 Å². The van der Waals surface area contributed by atoms with E-state index in [9.17, 15) is 0 Å². The predicted octanol–water partition coefficient (Wildman–Crippen LogP) is 4.23. The lowest BCUT2D eigenvalue weighted by Crippen LogP contribution is -2.46. The van der Waals surface area contributed by atoms with E-state index in [-0.39, 0.29) is 0 Å². The van der Waals surface area contributed by atoms with Crippen LogP contribution in [-0.4, -0.2) is 13.1 Å². The Morgan fingerprint density at radius 3 is 2.59 bits per heavy atom. The zero-order chi connectivity index (χ0) is 12.3. The molecule has 0 spiro atoms. The summed E-state index contributed by atoms with van der Waals surface area (Å²) in [6.45, 7) is 9.86. The Hall–Kier alpha value is -0.0400. The normalized spacial score (nSPS) is 35.6. The van der Waals surface area contributed by atoms with Crippen molar-refractivity contribution < 1.29 is 0 Å². The fraction of sp³-hybridized carbons (Fsp3) is 1.00. The number of hydrogen-bond donors (Lipinski definition) is 1. The number of rotatable bonds is 4. The van der Waals surface area contributed by atoms with Crippen LogP contribution in [0.15, 0.2) is 0 Å². The highest BCUT2D eigenvalue weighted by Crippen LogP contribution is 2.47. The molecule has 17 heavy (non-hydrogen) atoms. The molecule has 0 amide bonds. The van der Waals surface area contributed by atoms with Gasteiger partial charge in [-0.05, 0) is 49.1 Å². The van der Waals surface area contributed by atoms with Crippen LogP contribution in [0.1, 0.15) is 65.7 Å². The summed E-state index contributed by atoms with van der Waals surface area (Å²) in [5.41, 5.74) is 0.629. The summed E-state index contributed by atoms with van der Waals surface area (Å²) >= 11 is 0. The highest BCUT2D eigenvalue weighted by Gasteiger charge is 2.41. The van der Waals surface area contributed by atoms with Crippen molar-refractivity contribution in [3.8, 4) is 0 Å². The van der Waals surface area contributed by atoms with Gasteiger partial charge in [-0.3, -0.25) is 0 Å². The van der Waals surface area contributed by atoms with Crippen molar-refractivity contribution >= 4 is 0 Å². The minimum absolute atomic E-state index is 0.629. The first-order chi connectivity index (χ1) is 8.12. The molecule has 0 aromatic rings. The molecule has 2 atom stereocenters. The van der Waals surface area contributed by atoms with Gasteiger partial charge in [0, 0.05) is 0 Å². The lowest BCUT2D eigenvalue weighted by atomic mass is 9.63. The van der Waals surface area contributed by atoms with Crippen LogP contribution in [-0.2, 0) is 0 Å². The molecule has 1 nitrogen and oxygen atoms in total. The maximum atomic E-state index is 3.65. The van der Waals surface area contributed by atoms with Gasteiger partial charge in [0.2, 0.25) is 0 Å². The van der Waals surface area contributed by atoms with Crippen molar-refractivity contribution in [3.05, 3.63) is 0 Å². The second-order valence-corrected chi connectivity index (χ2v) is 7.19. The Morgan fingerprint density at radius 2 is 1.94 bits per heavy atom. The van der Waals surface area contributed by atoms with Gasteiger partial charge in [0.05, 0.1) is 0 Å². The second-order valence-electron chi connectivity index (χ2n) is 7.19. The molecule has 2 unspecified atom stereocenters. The highest BCUT2D eigenvalue weighted by molar-refractivity contribution is 4.93. The van der Waals surface area contributed by atoms with Gasteiger partial charge >= 0.3 is 0 Å². The van der Waals surface area contributed by atoms with Crippen molar-refractivity contribution in [1.29, 1.82) is 0 Å². The first-order valence-corrected chi connectivity index (χ1v) is 7.82. The van der Waals surface area contributed by atoms with Crippen molar-refractivity contribution in [3.63, 3.8) is 0 Å². The molecule has 2 fully saturated rings. The van der Waals surface area contributed by atoms with Gasteiger partial charge < -0.3 is 5.32 Å². The smallest absolute Gasteiger partial charge is 0.00126 e. The highest BCUT2D eigenvalue weighted by atomic mass is 14.9. The molecule has 1 N–H and O–H groups in total. The average Bonchev–Trinajstić information content (AvgIpc) is 2.80. The van der Waals surface area contributed by atoms with E-state index in [0.717, 1.165) is 17.8 Å². The van der Waals surface area contributed by atoms with Gasteiger partial charge in [-0.15, -0.1) is 0 Å². The zero-order valence-electron chi connectivity index (χ0n) is 12.1. The Labute approximate surface area is 108 Å². The summed E-state index contributed by atoms with van der Waals surface area (Å²) in [4.78, 5) is 0. The Kier molecular flexibility index (Phi) is 4.52. The van der Waals surface area contributed by atoms with Crippen LogP contribution in [0, 0.1) is 23.2 Å².